The molecule has 5 rings (SSSR count). The Bertz CT molecular complexity index is 1260. The topological polar surface area (TPSA) is 117 Å². The molecule has 1 atom stereocenters. The molecule has 2 aliphatic rings. The van der Waals surface area contributed by atoms with E-state index in [4.69, 9.17) is 0 Å². The SMILES string of the molecule is C=N[C@H](C)NC(=O)c1ccc(-c2nc(Nc3cnn(C4CN(C(=O)C5CC5)C4)c3)ncc2C)cc1. The molecule has 1 aromatic carbocycles. The second-order valence-corrected chi connectivity index (χ2v) is 9.14. The molecule has 2 aromatic heterocycles. The number of carbonyl (C=O) groups is 2. The van der Waals surface area contributed by atoms with Crippen LogP contribution >= 0.6 is 0 Å². The van der Waals surface area contributed by atoms with E-state index >= 15 is 0 Å². The summed E-state index contributed by atoms with van der Waals surface area (Å²) in [5.41, 5.74) is 3.89. The number of nitrogens with one attached hydrogen (secondary N) is 2. The highest BCUT2D eigenvalue weighted by molar-refractivity contribution is 5.94. The molecule has 0 unspecified atom stereocenters. The lowest BCUT2D eigenvalue weighted by Gasteiger charge is -2.39. The molecule has 1 aliphatic heterocycles. The van der Waals surface area contributed by atoms with Crippen LogP contribution in [0.15, 0.2) is 47.8 Å². The van der Waals surface area contributed by atoms with Crippen molar-refractivity contribution in [1.29, 1.82) is 0 Å². The predicted molar refractivity (Wildman–Crippen MR) is 133 cm³/mol. The van der Waals surface area contributed by atoms with E-state index in [0.717, 1.165) is 35.3 Å². The number of nitrogens with zero attached hydrogens (tertiary/aromatic N) is 6. The zero-order chi connectivity index (χ0) is 24.5. The van der Waals surface area contributed by atoms with Crippen LogP contribution in [0.1, 0.15) is 41.7 Å². The molecule has 35 heavy (non-hydrogen) atoms. The van der Waals surface area contributed by atoms with Crippen molar-refractivity contribution in [1.82, 2.24) is 30.0 Å². The Morgan fingerprint density at radius 1 is 1.17 bits per heavy atom. The zero-order valence-corrected chi connectivity index (χ0v) is 19.8. The molecule has 10 nitrogen and oxygen atoms in total. The number of aryl methyl sites for hydroxylation is 1. The van der Waals surface area contributed by atoms with Gasteiger partial charge < -0.3 is 15.5 Å². The third-order valence-electron chi connectivity index (χ3n) is 6.34. The molecule has 2 fully saturated rings. The Hall–Kier alpha value is -4.08. The van der Waals surface area contributed by atoms with Gasteiger partial charge in [0.15, 0.2) is 0 Å². The van der Waals surface area contributed by atoms with E-state index in [1.165, 1.54) is 0 Å². The summed E-state index contributed by atoms with van der Waals surface area (Å²) < 4.78 is 1.89. The van der Waals surface area contributed by atoms with Gasteiger partial charge in [-0.15, -0.1) is 0 Å². The van der Waals surface area contributed by atoms with Crippen LogP contribution in [0, 0.1) is 12.8 Å². The molecule has 2 N–H and O–H groups in total. The average Bonchev–Trinajstić information content (AvgIpc) is 3.59. The molecule has 0 radical (unpaired) electrons. The molecular weight excluding hydrogens is 444 g/mol. The van der Waals surface area contributed by atoms with Crippen molar-refractivity contribution < 1.29 is 9.59 Å². The molecule has 2 amide bonds. The molecule has 0 spiro atoms. The van der Waals surface area contributed by atoms with Crippen LogP contribution in [0.3, 0.4) is 0 Å². The van der Waals surface area contributed by atoms with Crippen LogP contribution in [-0.4, -0.2) is 62.4 Å². The normalized spacial score (nSPS) is 16.3. The molecule has 180 valence electrons. The fraction of sp³-hybridized carbons (Fsp3) is 0.360. The first-order chi connectivity index (χ1) is 16.9. The smallest absolute Gasteiger partial charge is 0.252 e. The summed E-state index contributed by atoms with van der Waals surface area (Å²) in [6, 6.07) is 7.44. The third-order valence-corrected chi connectivity index (χ3v) is 6.34. The van der Waals surface area contributed by atoms with Gasteiger partial charge in [-0.25, -0.2) is 9.97 Å². The number of anilines is 2. The van der Waals surface area contributed by atoms with Gasteiger partial charge in [0.2, 0.25) is 11.9 Å². The largest absolute Gasteiger partial charge is 0.338 e. The molecular formula is C25H28N8O2. The van der Waals surface area contributed by atoms with Gasteiger partial charge in [0.05, 0.1) is 23.6 Å². The summed E-state index contributed by atoms with van der Waals surface area (Å²) in [4.78, 5) is 39.2. The number of benzene rings is 1. The molecule has 3 aromatic rings. The highest BCUT2D eigenvalue weighted by Gasteiger charge is 2.40. The standard InChI is InChI=1S/C25H28N8O2/c1-15-10-27-25(31-22(15)17-4-6-18(7-5-17)23(34)29-16(2)26-3)30-20-11-28-33(12-20)21-13-32(14-21)24(35)19-8-9-19/h4-7,10-12,16,19,21H,3,8-9,13-14H2,1-2H3,(H,29,34)(H,27,30,31)/t16-/m0/s1. The first-order valence-corrected chi connectivity index (χ1v) is 11.7. The monoisotopic (exact) mass is 472 g/mol. The Morgan fingerprint density at radius 2 is 1.91 bits per heavy atom. The highest BCUT2D eigenvalue weighted by atomic mass is 16.2. The van der Waals surface area contributed by atoms with Gasteiger partial charge in [-0.05, 0) is 51.1 Å². The summed E-state index contributed by atoms with van der Waals surface area (Å²) in [5.74, 6) is 0.786. The maximum atomic E-state index is 12.3. The lowest BCUT2D eigenvalue weighted by Crippen LogP contribution is -2.51. The molecule has 3 heterocycles. The van der Waals surface area contributed by atoms with Crippen LogP contribution < -0.4 is 10.6 Å². The number of likely N-dealkylation sites (tertiary alicyclic amines) is 1. The van der Waals surface area contributed by atoms with Crippen LogP contribution in [0.5, 0.6) is 0 Å². The minimum absolute atomic E-state index is 0.198. The minimum Gasteiger partial charge on any atom is -0.338 e. The van der Waals surface area contributed by atoms with Crippen molar-refractivity contribution in [2.24, 2.45) is 10.9 Å². The Morgan fingerprint density at radius 3 is 2.60 bits per heavy atom. The number of aromatic nitrogens is 4. The van der Waals surface area contributed by atoms with E-state index in [1.54, 1.807) is 31.5 Å². The zero-order valence-electron chi connectivity index (χ0n) is 19.8. The quantitative estimate of drug-likeness (QED) is 0.487. The van der Waals surface area contributed by atoms with Gasteiger partial charge in [0, 0.05) is 42.5 Å². The molecule has 0 bridgehead atoms. The van der Waals surface area contributed by atoms with Gasteiger partial charge in [-0.2, -0.15) is 5.10 Å². The molecule has 1 saturated carbocycles. The third kappa shape index (κ3) is 4.91. The molecule has 1 saturated heterocycles. The van der Waals surface area contributed by atoms with E-state index in [1.807, 2.05) is 34.8 Å². The van der Waals surface area contributed by atoms with Gasteiger partial charge in [0.1, 0.15) is 6.17 Å². The summed E-state index contributed by atoms with van der Waals surface area (Å²) in [5, 5.41) is 10.4. The van der Waals surface area contributed by atoms with E-state index in [2.05, 4.69) is 37.4 Å². The van der Waals surface area contributed by atoms with Crippen LogP contribution in [0.25, 0.3) is 11.3 Å². The van der Waals surface area contributed by atoms with Crippen molar-refractivity contribution in [3.8, 4) is 11.3 Å². The van der Waals surface area contributed by atoms with Crippen LogP contribution in [-0.2, 0) is 4.79 Å². The molecule has 10 heteroatoms. The number of hydrogen-bond acceptors (Lipinski definition) is 7. The van der Waals surface area contributed by atoms with E-state index in [-0.39, 0.29) is 29.9 Å². The fourth-order valence-electron chi connectivity index (χ4n) is 4.02. The fourth-order valence-corrected chi connectivity index (χ4v) is 4.02. The number of carbonyl (C=O) groups excluding carboxylic acids is 2. The van der Waals surface area contributed by atoms with Crippen LogP contribution in [0.2, 0.25) is 0 Å². The van der Waals surface area contributed by atoms with Gasteiger partial charge in [-0.3, -0.25) is 19.3 Å². The second kappa shape index (κ2) is 9.28. The first-order valence-electron chi connectivity index (χ1n) is 11.7. The van der Waals surface area contributed by atoms with E-state index in [9.17, 15) is 9.59 Å². The Labute approximate surface area is 203 Å². The average molecular weight is 473 g/mol. The summed E-state index contributed by atoms with van der Waals surface area (Å²) in [6.45, 7) is 8.56. The first kappa shape index (κ1) is 22.7. The summed E-state index contributed by atoms with van der Waals surface area (Å²) >= 11 is 0. The number of aliphatic imine (C=N–C) groups is 1. The maximum absolute atomic E-state index is 12.3. The predicted octanol–water partition coefficient (Wildman–Crippen LogP) is 2.96. The highest BCUT2D eigenvalue weighted by Crippen LogP contribution is 2.34. The van der Waals surface area contributed by atoms with E-state index < -0.39 is 0 Å². The van der Waals surface area contributed by atoms with Gasteiger partial charge >= 0.3 is 0 Å². The number of hydrogen-bond donors (Lipinski definition) is 2. The minimum atomic E-state index is -0.349. The molecule has 1 aliphatic carbocycles. The van der Waals surface area contributed by atoms with Gasteiger partial charge in [-0.1, -0.05) is 12.1 Å². The number of amides is 2. The van der Waals surface area contributed by atoms with Crippen molar-refractivity contribution >= 4 is 30.2 Å². The van der Waals surface area contributed by atoms with E-state index in [0.29, 0.717) is 24.6 Å². The second-order valence-electron chi connectivity index (χ2n) is 9.14. The Balaban J connectivity index is 1.24. The van der Waals surface area contributed by atoms with Crippen molar-refractivity contribution in [2.75, 3.05) is 18.4 Å². The van der Waals surface area contributed by atoms with Crippen molar-refractivity contribution in [3.63, 3.8) is 0 Å². The summed E-state index contributed by atoms with van der Waals surface area (Å²) in [6.07, 6.45) is 7.12. The van der Waals surface area contributed by atoms with Crippen LogP contribution in [0.4, 0.5) is 11.6 Å². The van der Waals surface area contributed by atoms with Crippen molar-refractivity contribution in [2.45, 2.75) is 38.9 Å². The summed E-state index contributed by atoms with van der Waals surface area (Å²) in [7, 11) is 0. The lowest BCUT2D eigenvalue weighted by molar-refractivity contribution is -0.138. The Kier molecular flexibility index (Phi) is 6.02. The van der Waals surface area contributed by atoms with Gasteiger partial charge in [0.25, 0.3) is 5.91 Å². The van der Waals surface area contributed by atoms with Crippen molar-refractivity contribution in [3.05, 3.63) is 54.0 Å². The number of rotatable bonds is 8. The lowest BCUT2D eigenvalue weighted by atomic mass is 10.1. The maximum Gasteiger partial charge on any atom is 0.252 e.